The van der Waals surface area contributed by atoms with Crippen LogP contribution in [0.4, 0.5) is 5.69 Å². The minimum absolute atomic E-state index is 0.680. The molecule has 1 N–H and O–H groups in total. The lowest BCUT2D eigenvalue weighted by molar-refractivity contribution is -0.105. The summed E-state index contributed by atoms with van der Waals surface area (Å²) >= 11 is 1.68. The third-order valence-electron chi connectivity index (χ3n) is 1.97. The summed E-state index contributed by atoms with van der Waals surface area (Å²) in [4.78, 5) is 10.2. The Hall–Kier alpha value is -1.61. The van der Waals surface area contributed by atoms with Gasteiger partial charge in [-0.3, -0.25) is 4.79 Å². The van der Waals surface area contributed by atoms with Crippen molar-refractivity contribution in [2.45, 2.75) is 0 Å². The van der Waals surface area contributed by atoms with E-state index in [1.165, 1.54) is 11.1 Å². The van der Waals surface area contributed by atoms with E-state index in [1.54, 1.807) is 11.3 Å². The Kier molecular flexibility index (Phi) is 2.60. The van der Waals surface area contributed by atoms with E-state index in [9.17, 15) is 4.79 Å². The monoisotopic (exact) mass is 203 g/mol. The highest BCUT2D eigenvalue weighted by atomic mass is 32.1. The molecule has 0 atom stereocenters. The van der Waals surface area contributed by atoms with Crippen molar-refractivity contribution < 1.29 is 4.79 Å². The quantitative estimate of drug-likeness (QED) is 0.763. The summed E-state index contributed by atoms with van der Waals surface area (Å²) in [6, 6.07) is 9.84. The molecule has 0 unspecified atom stereocenters. The Bertz CT molecular complexity index is 405. The molecule has 0 spiro atoms. The second-order valence-corrected chi connectivity index (χ2v) is 3.63. The van der Waals surface area contributed by atoms with Crippen molar-refractivity contribution in [3.05, 3.63) is 41.1 Å². The van der Waals surface area contributed by atoms with Crippen LogP contribution in [0.2, 0.25) is 0 Å². The molecule has 1 aromatic carbocycles. The van der Waals surface area contributed by atoms with Crippen molar-refractivity contribution >= 4 is 23.4 Å². The lowest BCUT2D eigenvalue weighted by Gasteiger charge is -2.00. The second-order valence-electron chi connectivity index (χ2n) is 2.85. The van der Waals surface area contributed by atoms with Crippen LogP contribution < -0.4 is 5.32 Å². The Labute approximate surface area is 86.2 Å². The molecule has 1 amide bonds. The van der Waals surface area contributed by atoms with Crippen LogP contribution in [0, 0.1) is 0 Å². The minimum Gasteiger partial charge on any atom is -0.329 e. The highest BCUT2D eigenvalue weighted by Gasteiger charge is 1.97. The third-order valence-corrected chi connectivity index (χ3v) is 2.65. The Morgan fingerprint density at radius 2 is 1.86 bits per heavy atom. The van der Waals surface area contributed by atoms with Gasteiger partial charge in [-0.1, -0.05) is 12.1 Å². The summed E-state index contributed by atoms with van der Waals surface area (Å²) in [7, 11) is 0. The van der Waals surface area contributed by atoms with E-state index in [0.29, 0.717) is 6.41 Å². The van der Waals surface area contributed by atoms with E-state index in [-0.39, 0.29) is 0 Å². The van der Waals surface area contributed by atoms with Crippen molar-refractivity contribution in [2.24, 2.45) is 0 Å². The fourth-order valence-corrected chi connectivity index (χ4v) is 1.92. The molecule has 2 nitrogen and oxygen atoms in total. The average Bonchev–Trinajstić information content (AvgIpc) is 2.72. The molecule has 0 fully saturated rings. The first kappa shape index (κ1) is 8.97. The van der Waals surface area contributed by atoms with Gasteiger partial charge < -0.3 is 5.32 Å². The average molecular weight is 203 g/mol. The van der Waals surface area contributed by atoms with Crippen LogP contribution >= 0.6 is 11.3 Å². The lowest BCUT2D eigenvalue weighted by atomic mass is 10.1. The van der Waals surface area contributed by atoms with Crippen LogP contribution in [0.15, 0.2) is 41.1 Å². The fourth-order valence-electron chi connectivity index (χ4n) is 1.26. The van der Waals surface area contributed by atoms with Gasteiger partial charge in [0.05, 0.1) is 0 Å². The maximum Gasteiger partial charge on any atom is 0.211 e. The zero-order chi connectivity index (χ0) is 9.80. The van der Waals surface area contributed by atoms with Crippen LogP contribution in [0.25, 0.3) is 11.1 Å². The van der Waals surface area contributed by atoms with Crippen LogP contribution in [0.3, 0.4) is 0 Å². The van der Waals surface area contributed by atoms with Gasteiger partial charge in [0.2, 0.25) is 6.41 Å². The van der Waals surface area contributed by atoms with Gasteiger partial charge in [0.15, 0.2) is 0 Å². The first-order valence-electron chi connectivity index (χ1n) is 4.23. The van der Waals surface area contributed by atoms with Gasteiger partial charge in [0.25, 0.3) is 0 Å². The molecule has 0 aliphatic heterocycles. The maximum absolute atomic E-state index is 10.2. The number of anilines is 1. The Morgan fingerprint density at radius 3 is 2.43 bits per heavy atom. The fraction of sp³-hybridized carbons (Fsp3) is 0. The number of rotatable bonds is 3. The number of benzene rings is 1. The zero-order valence-corrected chi connectivity index (χ0v) is 8.25. The van der Waals surface area contributed by atoms with E-state index in [4.69, 9.17) is 0 Å². The minimum atomic E-state index is 0.680. The van der Waals surface area contributed by atoms with E-state index >= 15 is 0 Å². The van der Waals surface area contributed by atoms with Crippen molar-refractivity contribution in [1.29, 1.82) is 0 Å². The third kappa shape index (κ3) is 1.83. The Balaban J connectivity index is 2.26. The summed E-state index contributed by atoms with van der Waals surface area (Å²) in [5.41, 5.74) is 3.20. The molecule has 2 aromatic rings. The molecular weight excluding hydrogens is 194 g/mol. The van der Waals surface area contributed by atoms with Crippen molar-refractivity contribution in [2.75, 3.05) is 5.32 Å². The Morgan fingerprint density at radius 1 is 1.07 bits per heavy atom. The summed E-state index contributed by atoms with van der Waals surface area (Å²) < 4.78 is 0. The zero-order valence-electron chi connectivity index (χ0n) is 7.44. The summed E-state index contributed by atoms with van der Waals surface area (Å²) in [5.74, 6) is 0. The van der Waals surface area contributed by atoms with Gasteiger partial charge >= 0.3 is 0 Å². The molecule has 0 aliphatic carbocycles. The normalized spacial score (nSPS) is 9.71. The van der Waals surface area contributed by atoms with E-state index < -0.39 is 0 Å². The van der Waals surface area contributed by atoms with E-state index in [1.807, 2.05) is 29.6 Å². The molecule has 1 aromatic heterocycles. The first-order valence-corrected chi connectivity index (χ1v) is 5.17. The van der Waals surface area contributed by atoms with Crippen LogP contribution in [-0.2, 0) is 4.79 Å². The van der Waals surface area contributed by atoms with Gasteiger partial charge in [-0.2, -0.15) is 11.3 Å². The molecule has 0 radical (unpaired) electrons. The number of nitrogens with one attached hydrogen (secondary N) is 1. The molecule has 3 heteroatoms. The number of amides is 1. The molecule has 2 rings (SSSR count). The van der Waals surface area contributed by atoms with Crippen molar-refractivity contribution in [1.82, 2.24) is 0 Å². The van der Waals surface area contributed by atoms with Crippen LogP contribution in [0.1, 0.15) is 0 Å². The number of hydrogen-bond acceptors (Lipinski definition) is 2. The summed E-state index contributed by atoms with van der Waals surface area (Å²) in [5, 5.41) is 6.75. The van der Waals surface area contributed by atoms with Gasteiger partial charge in [-0.15, -0.1) is 0 Å². The van der Waals surface area contributed by atoms with E-state index in [2.05, 4.69) is 16.8 Å². The highest BCUT2D eigenvalue weighted by Crippen LogP contribution is 2.23. The van der Waals surface area contributed by atoms with Crippen LogP contribution in [-0.4, -0.2) is 6.41 Å². The molecule has 14 heavy (non-hydrogen) atoms. The van der Waals surface area contributed by atoms with Gasteiger partial charge in [-0.05, 0) is 40.1 Å². The maximum atomic E-state index is 10.2. The number of thiophene rings is 1. The lowest BCUT2D eigenvalue weighted by Crippen LogP contribution is -1.92. The predicted molar refractivity (Wildman–Crippen MR) is 59.4 cm³/mol. The largest absolute Gasteiger partial charge is 0.329 e. The van der Waals surface area contributed by atoms with Gasteiger partial charge in [0.1, 0.15) is 0 Å². The molecular formula is C11H9NOS. The van der Waals surface area contributed by atoms with Gasteiger partial charge in [-0.25, -0.2) is 0 Å². The number of carbonyl (C=O) groups is 1. The highest BCUT2D eigenvalue weighted by molar-refractivity contribution is 7.08. The molecule has 1 heterocycles. The topological polar surface area (TPSA) is 29.1 Å². The second kappa shape index (κ2) is 4.07. The SMILES string of the molecule is O=CNc1ccc(-c2ccsc2)cc1. The molecule has 70 valence electrons. The summed E-state index contributed by atoms with van der Waals surface area (Å²) in [6.45, 7) is 0. The van der Waals surface area contributed by atoms with Crippen molar-refractivity contribution in [3.63, 3.8) is 0 Å². The first-order chi connectivity index (χ1) is 6.90. The van der Waals surface area contributed by atoms with Gasteiger partial charge in [0, 0.05) is 5.69 Å². The number of carbonyl (C=O) groups excluding carboxylic acids is 1. The molecule has 0 saturated heterocycles. The predicted octanol–water partition coefficient (Wildman–Crippen LogP) is 2.98. The smallest absolute Gasteiger partial charge is 0.211 e. The van der Waals surface area contributed by atoms with Crippen LogP contribution in [0.5, 0.6) is 0 Å². The summed E-state index contributed by atoms with van der Waals surface area (Å²) in [6.07, 6.45) is 0.680. The molecule has 0 aliphatic rings. The van der Waals surface area contributed by atoms with E-state index in [0.717, 1.165) is 5.69 Å². The standard InChI is InChI=1S/C11H9NOS/c13-8-12-11-3-1-9(2-4-11)10-5-6-14-7-10/h1-8H,(H,12,13). The molecule has 0 saturated carbocycles. The van der Waals surface area contributed by atoms with Crippen molar-refractivity contribution in [3.8, 4) is 11.1 Å². The number of hydrogen-bond donors (Lipinski definition) is 1. The molecule has 0 bridgehead atoms.